The molecule has 138 valence electrons. The molecule has 1 unspecified atom stereocenters. The number of fused-ring (bicyclic) bond motifs is 1. The van der Waals surface area contributed by atoms with Crippen molar-refractivity contribution in [2.24, 2.45) is 5.14 Å². The Morgan fingerprint density at radius 1 is 1.19 bits per heavy atom. The second-order valence-corrected chi connectivity index (χ2v) is 7.28. The Hall–Kier alpha value is -2.78. The lowest BCUT2D eigenvalue weighted by Crippen LogP contribution is -2.27. The third-order valence-corrected chi connectivity index (χ3v) is 4.90. The molecule has 3 rings (SSSR count). The maximum atomic E-state index is 12.6. The van der Waals surface area contributed by atoms with Crippen LogP contribution in [0.25, 0.3) is 0 Å². The maximum Gasteiger partial charge on any atom is 0.255 e. The topological polar surface area (TPSA) is 117 Å². The number of rotatable bonds is 5. The first kappa shape index (κ1) is 18.0. The molecule has 0 aliphatic carbocycles. The van der Waals surface area contributed by atoms with Gasteiger partial charge in [0, 0.05) is 0 Å². The molecule has 1 heterocycles. The highest BCUT2D eigenvalue weighted by molar-refractivity contribution is 7.89. The fourth-order valence-electron chi connectivity index (χ4n) is 2.58. The van der Waals surface area contributed by atoms with E-state index in [0.717, 1.165) is 5.56 Å². The highest BCUT2D eigenvalue weighted by atomic mass is 32.2. The third-order valence-electron chi connectivity index (χ3n) is 3.99. The lowest BCUT2D eigenvalue weighted by molar-refractivity contribution is 0.0936. The highest BCUT2D eigenvalue weighted by Crippen LogP contribution is 2.34. The van der Waals surface area contributed by atoms with Gasteiger partial charge in [-0.3, -0.25) is 4.79 Å². The zero-order valence-electron chi connectivity index (χ0n) is 14.2. The summed E-state index contributed by atoms with van der Waals surface area (Å²) in [4.78, 5) is 12.5. The molecule has 2 aromatic carbocycles. The van der Waals surface area contributed by atoms with Crippen LogP contribution < -0.4 is 24.7 Å². The van der Waals surface area contributed by atoms with Crippen molar-refractivity contribution in [3.63, 3.8) is 0 Å². The number of methoxy groups -OCH3 is 1. The minimum Gasteiger partial charge on any atom is -0.496 e. The van der Waals surface area contributed by atoms with Crippen LogP contribution in [-0.4, -0.2) is 28.2 Å². The predicted molar refractivity (Wildman–Crippen MR) is 92.8 cm³/mol. The molecule has 0 bridgehead atoms. The van der Waals surface area contributed by atoms with Gasteiger partial charge in [-0.05, 0) is 42.8 Å². The molecule has 0 fully saturated rings. The van der Waals surface area contributed by atoms with Gasteiger partial charge in [0.15, 0.2) is 11.5 Å². The number of nitrogens with one attached hydrogen (secondary N) is 1. The Balaban J connectivity index is 1.85. The smallest absolute Gasteiger partial charge is 0.255 e. The largest absolute Gasteiger partial charge is 0.496 e. The van der Waals surface area contributed by atoms with E-state index in [2.05, 4.69) is 5.32 Å². The third kappa shape index (κ3) is 3.58. The molecule has 1 aliphatic heterocycles. The molecule has 0 radical (unpaired) electrons. The number of hydrogen-bond donors (Lipinski definition) is 2. The summed E-state index contributed by atoms with van der Waals surface area (Å²) in [7, 11) is -2.54. The van der Waals surface area contributed by atoms with Crippen LogP contribution in [0.1, 0.15) is 28.9 Å². The molecular weight excluding hydrogens is 360 g/mol. The Labute approximate surface area is 150 Å². The van der Waals surface area contributed by atoms with E-state index in [4.69, 9.17) is 19.3 Å². The summed E-state index contributed by atoms with van der Waals surface area (Å²) in [6.07, 6.45) is 0. The molecule has 0 saturated carbocycles. The van der Waals surface area contributed by atoms with Crippen LogP contribution in [0.3, 0.4) is 0 Å². The van der Waals surface area contributed by atoms with Crippen molar-refractivity contribution in [3.8, 4) is 17.2 Å². The number of hydrogen-bond acceptors (Lipinski definition) is 6. The van der Waals surface area contributed by atoms with Gasteiger partial charge in [-0.25, -0.2) is 13.6 Å². The van der Waals surface area contributed by atoms with Crippen LogP contribution in [0.5, 0.6) is 17.2 Å². The zero-order valence-corrected chi connectivity index (χ0v) is 15.0. The number of nitrogens with two attached hydrogens (primary N) is 1. The Kier molecular flexibility index (Phi) is 4.75. The second-order valence-electron chi connectivity index (χ2n) is 5.71. The lowest BCUT2D eigenvalue weighted by atomic mass is 10.1. The first-order valence-corrected chi connectivity index (χ1v) is 9.25. The van der Waals surface area contributed by atoms with Crippen LogP contribution in [0.4, 0.5) is 0 Å². The van der Waals surface area contributed by atoms with E-state index in [1.165, 1.54) is 25.3 Å². The summed E-state index contributed by atoms with van der Waals surface area (Å²) in [6, 6.07) is 8.87. The standard InChI is InChI=1S/C17H18N2O6S/c1-10(11-3-5-15-16(7-11)25-9-24-15)19-17(20)13-8-12(26(18,21)22)4-6-14(13)23-2/h3-8,10H,9H2,1-2H3,(H,19,20)(H2,18,21,22). The van der Waals surface area contributed by atoms with Crippen molar-refractivity contribution < 1.29 is 27.4 Å². The Morgan fingerprint density at radius 2 is 1.92 bits per heavy atom. The van der Waals surface area contributed by atoms with Crippen LogP contribution in [0.2, 0.25) is 0 Å². The zero-order chi connectivity index (χ0) is 18.9. The molecule has 8 nitrogen and oxygen atoms in total. The molecule has 0 aromatic heterocycles. The van der Waals surface area contributed by atoms with Gasteiger partial charge in [0.25, 0.3) is 5.91 Å². The fraction of sp³-hybridized carbons (Fsp3) is 0.235. The van der Waals surface area contributed by atoms with Crippen LogP contribution in [0, 0.1) is 0 Å². The first-order chi connectivity index (χ1) is 12.3. The predicted octanol–water partition coefficient (Wildman–Crippen LogP) is 1.56. The Bertz CT molecular complexity index is 958. The van der Waals surface area contributed by atoms with E-state index in [0.29, 0.717) is 11.5 Å². The van der Waals surface area contributed by atoms with E-state index in [1.807, 2.05) is 6.07 Å². The van der Waals surface area contributed by atoms with Crippen molar-refractivity contribution in [2.45, 2.75) is 17.9 Å². The van der Waals surface area contributed by atoms with E-state index in [9.17, 15) is 13.2 Å². The van der Waals surface area contributed by atoms with Crippen molar-refractivity contribution in [3.05, 3.63) is 47.5 Å². The van der Waals surface area contributed by atoms with Crippen molar-refractivity contribution in [1.29, 1.82) is 0 Å². The molecule has 1 atom stereocenters. The number of carbonyl (C=O) groups is 1. The maximum absolute atomic E-state index is 12.6. The fourth-order valence-corrected chi connectivity index (χ4v) is 3.12. The lowest BCUT2D eigenvalue weighted by Gasteiger charge is -2.16. The van der Waals surface area contributed by atoms with E-state index in [1.54, 1.807) is 19.1 Å². The van der Waals surface area contributed by atoms with E-state index >= 15 is 0 Å². The summed E-state index contributed by atoms with van der Waals surface area (Å²) < 4.78 is 38.8. The minimum absolute atomic E-state index is 0.0756. The van der Waals surface area contributed by atoms with Gasteiger partial charge in [0.05, 0.1) is 23.6 Å². The molecule has 1 aliphatic rings. The molecule has 0 saturated heterocycles. The van der Waals surface area contributed by atoms with Crippen molar-refractivity contribution in [2.75, 3.05) is 13.9 Å². The van der Waals surface area contributed by atoms with Gasteiger partial charge in [-0.2, -0.15) is 0 Å². The monoisotopic (exact) mass is 378 g/mol. The molecule has 0 spiro atoms. The molecule has 1 amide bonds. The Morgan fingerprint density at radius 3 is 2.62 bits per heavy atom. The summed E-state index contributed by atoms with van der Waals surface area (Å²) in [5.74, 6) is 1.01. The number of primary sulfonamides is 1. The van der Waals surface area contributed by atoms with Gasteiger partial charge >= 0.3 is 0 Å². The quantitative estimate of drug-likeness (QED) is 0.815. The first-order valence-electron chi connectivity index (χ1n) is 7.71. The second kappa shape index (κ2) is 6.85. The molecular formula is C17H18N2O6S. The van der Waals surface area contributed by atoms with E-state index < -0.39 is 15.9 Å². The van der Waals surface area contributed by atoms with Crippen LogP contribution in [-0.2, 0) is 10.0 Å². The number of carbonyl (C=O) groups excluding carboxylic acids is 1. The SMILES string of the molecule is COc1ccc(S(N)(=O)=O)cc1C(=O)NC(C)c1ccc2c(c1)OCO2. The number of benzene rings is 2. The highest BCUT2D eigenvalue weighted by Gasteiger charge is 2.21. The van der Waals surface area contributed by atoms with Gasteiger partial charge < -0.3 is 19.5 Å². The number of sulfonamides is 1. The minimum atomic E-state index is -3.94. The van der Waals surface area contributed by atoms with Crippen LogP contribution in [0.15, 0.2) is 41.3 Å². The molecule has 3 N–H and O–H groups in total. The molecule has 2 aromatic rings. The average Bonchev–Trinajstić information content (AvgIpc) is 3.07. The van der Waals surface area contributed by atoms with Gasteiger partial charge in [0.1, 0.15) is 5.75 Å². The summed E-state index contributed by atoms with van der Waals surface area (Å²) in [5, 5.41) is 7.94. The van der Waals surface area contributed by atoms with Crippen LogP contribution >= 0.6 is 0 Å². The van der Waals surface area contributed by atoms with E-state index in [-0.39, 0.29) is 29.0 Å². The summed E-state index contributed by atoms with van der Waals surface area (Å²) >= 11 is 0. The van der Waals surface area contributed by atoms with Gasteiger partial charge in [0.2, 0.25) is 16.8 Å². The number of ether oxygens (including phenoxy) is 3. The van der Waals surface area contributed by atoms with Gasteiger partial charge in [-0.15, -0.1) is 0 Å². The average molecular weight is 378 g/mol. The van der Waals surface area contributed by atoms with Crippen molar-refractivity contribution in [1.82, 2.24) is 5.32 Å². The summed E-state index contributed by atoms with van der Waals surface area (Å²) in [6.45, 7) is 1.96. The summed E-state index contributed by atoms with van der Waals surface area (Å²) in [5.41, 5.74) is 0.885. The molecule has 9 heteroatoms. The molecule has 26 heavy (non-hydrogen) atoms. The number of amides is 1. The normalized spacial score (nSPS) is 14.0. The van der Waals surface area contributed by atoms with Crippen molar-refractivity contribution >= 4 is 15.9 Å². The van der Waals surface area contributed by atoms with Gasteiger partial charge in [-0.1, -0.05) is 6.07 Å².